The maximum Gasteiger partial charge on any atom is 0.329 e. The summed E-state index contributed by atoms with van der Waals surface area (Å²) in [6, 6.07) is 9.47. The molecular weight excluding hydrogens is 288 g/mol. The van der Waals surface area contributed by atoms with E-state index in [9.17, 15) is 4.79 Å². The molecule has 1 N–H and O–H groups in total. The Labute approximate surface area is 138 Å². The predicted molar refractivity (Wildman–Crippen MR) is 94.5 cm³/mol. The second-order valence-corrected chi connectivity index (χ2v) is 6.75. The fraction of sp³-hybridized carbons (Fsp3) is 0.474. The third-order valence-corrected chi connectivity index (χ3v) is 3.52. The number of nitrogens with one attached hydrogen (secondary N) is 1. The maximum atomic E-state index is 12.5. The van der Waals surface area contributed by atoms with Crippen molar-refractivity contribution in [1.29, 1.82) is 0 Å². The van der Waals surface area contributed by atoms with E-state index in [2.05, 4.69) is 17.2 Å². The first-order valence-corrected chi connectivity index (χ1v) is 8.24. The molecule has 4 heteroatoms. The van der Waals surface area contributed by atoms with Gasteiger partial charge < -0.3 is 10.1 Å². The molecule has 2 aromatic rings. The number of esters is 1. The Kier molecular flexibility index (Phi) is 5.59. The van der Waals surface area contributed by atoms with E-state index in [1.807, 2.05) is 51.1 Å². The number of rotatable bonds is 6. The summed E-state index contributed by atoms with van der Waals surface area (Å²) in [7, 11) is 0. The number of hydrogen-bond acceptors (Lipinski definition) is 4. The van der Waals surface area contributed by atoms with Gasteiger partial charge in [0.05, 0.1) is 5.52 Å². The van der Waals surface area contributed by atoms with Crippen molar-refractivity contribution in [3.05, 3.63) is 36.5 Å². The van der Waals surface area contributed by atoms with Crippen LogP contribution in [0.3, 0.4) is 0 Å². The zero-order valence-electron chi connectivity index (χ0n) is 14.4. The molecule has 0 saturated carbocycles. The van der Waals surface area contributed by atoms with Crippen LogP contribution in [0.15, 0.2) is 36.5 Å². The van der Waals surface area contributed by atoms with Gasteiger partial charge in [-0.05, 0) is 39.3 Å². The minimum absolute atomic E-state index is 0.202. The number of carbonyl (C=O) groups is 1. The normalized spacial score (nSPS) is 12.9. The number of aromatic nitrogens is 1. The van der Waals surface area contributed by atoms with E-state index in [1.54, 1.807) is 6.20 Å². The van der Waals surface area contributed by atoms with E-state index in [-0.39, 0.29) is 12.0 Å². The first-order valence-electron chi connectivity index (χ1n) is 8.24. The lowest BCUT2D eigenvalue weighted by Crippen LogP contribution is -2.36. The van der Waals surface area contributed by atoms with Crippen LogP contribution in [0, 0.1) is 0 Å². The molecule has 1 atom stereocenters. The maximum absolute atomic E-state index is 12.5. The number of fused-ring (bicyclic) bond motifs is 1. The number of pyridine rings is 1. The monoisotopic (exact) mass is 314 g/mol. The highest BCUT2D eigenvalue weighted by molar-refractivity contribution is 5.92. The molecule has 0 amide bonds. The van der Waals surface area contributed by atoms with Crippen molar-refractivity contribution in [2.24, 2.45) is 0 Å². The van der Waals surface area contributed by atoms with E-state index >= 15 is 0 Å². The van der Waals surface area contributed by atoms with Crippen LogP contribution in [0.25, 0.3) is 10.9 Å². The van der Waals surface area contributed by atoms with E-state index < -0.39 is 5.60 Å². The summed E-state index contributed by atoms with van der Waals surface area (Å²) < 4.78 is 5.56. The Bertz CT molecular complexity index is 656. The average molecular weight is 314 g/mol. The number of hydrogen-bond donors (Lipinski definition) is 1. The van der Waals surface area contributed by atoms with Gasteiger partial charge in [-0.3, -0.25) is 4.98 Å². The fourth-order valence-electron chi connectivity index (χ4n) is 2.44. The summed E-state index contributed by atoms with van der Waals surface area (Å²) in [6.45, 7) is 7.80. The van der Waals surface area contributed by atoms with E-state index in [0.29, 0.717) is 0 Å². The Hall–Kier alpha value is -2.10. The second kappa shape index (κ2) is 7.44. The number of anilines is 1. The smallest absolute Gasteiger partial charge is 0.329 e. The van der Waals surface area contributed by atoms with Crippen LogP contribution in [0.4, 0.5) is 5.69 Å². The van der Waals surface area contributed by atoms with Gasteiger partial charge in [0.25, 0.3) is 0 Å². The van der Waals surface area contributed by atoms with Gasteiger partial charge in [-0.1, -0.05) is 38.0 Å². The Morgan fingerprint density at radius 1 is 1.26 bits per heavy atom. The predicted octanol–water partition coefficient (Wildman–Crippen LogP) is 4.55. The summed E-state index contributed by atoms with van der Waals surface area (Å²) >= 11 is 0. The lowest BCUT2D eigenvalue weighted by molar-refractivity contribution is -0.155. The molecule has 0 aliphatic rings. The zero-order valence-corrected chi connectivity index (χ0v) is 14.4. The molecule has 0 bridgehead atoms. The third kappa shape index (κ3) is 4.95. The number of benzene rings is 1. The van der Waals surface area contributed by atoms with Gasteiger partial charge in [-0.2, -0.15) is 0 Å². The van der Waals surface area contributed by atoms with Crippen molar-refractivity contribution in [3.8, 4) is 0 Å². The minimum atomic E-state index is -0.483. The van der Waals surface area contributed by atoms with Crippen LogP contribution >= 0.6 is 0 Å². The fourth-order valence-corrected chi connectivity index (χ4v) is 2.44. The van der Waals surface area contributed by atoms with Gasteiger partial charge in [0, 0.05) is 17.3 Å². The van der Waals surface area contributed by atoms with Gasteiger partial charge in [-0.15, -0.1) is 0 Å². The lowest BCUT2D eigenvalue weighted by atomic mass is 10.1. The zero-order chi connectivity index (χ0) is 16.9. The SMILES string of the molecule is CCCC[C@@H](Nc1ccnc2ccccc12)C(=O)OC(C)(C)C. The molecule has 4 nitrogen and oxygen atoms in total. The summed E-state index contributed by atoms with van der Waals surface area (Å²) in [5.74, 6) is -0.202. The minimum Gasteiger partial charge on any atom is -0.458 e. The van der Waals surface area contributed by atoms with Gasteiger partial charge in [0.15, 0.2) is 0 Å². The molecule has 0 fully saturated rings. The first kappa shape index (κ1) is 17.3. The van der Waals surface area contributed by atoms with Gasteiger partial charge in [0.1, 0.15) is 11.6 Å². The lowest BCUT2D eigenvalue weighted by Gasteiger charge is -2.25. The standard InChI is InChI=1S/C19H26N2O2/c1-5-6-10-17(18(22)23-19(2,3)4)21-16-12-13-20-15-11-8-7-9-14(15)16/h7-9,11-13,17H,5-6,10H2,1-4H3,(H,20,21)/t17-/m1/s1. The Morgan fingerprint density at radius 3 is 2.70 bits per heavy atom. The molecule has 124 valence electrons. The molecule has 1 aromatic carbocycles. The summed E-state index contributed by atoms with van der Waals surface area (Å²) in [5.41, 5.74) is 1.35. The van der Waals surface area contributed by atoms with Crippen molar-refractivity contribution in [1.82, 2.24) is 4.98 Å². The molecule has 1 heterocycles. The quantitative estimate of drug-likeness (QED) is 0.795. The van der Waals surface area contributed by atoms with E-state index in [1.165, 1.54) is 0 Å². The van der Waals surface area contributed by atoms with Crippen molar-refractivity contribution < 1.29 is 9.53 Å². The molecule has 0 radical (unpaired) electrons. The molecule has 2 rings (SSSR count). The second-order valence-electron chi connectivity index (χ2n) is 6.75. The van der Waals surface area contributed by atoms with E-state index in [4.69, 9.17) is 4.74 Å². The van der Waals surface area contributed by atoms with Crippen LogP contribution in [-0.4, -0.2) is 22.6 Å². The number of ether oxygens (including phenoxy) is 1. The summed E-state index contributed by atoms with van der Waals surface area (Å²) in [5, 5.41) is 4.38. The third-order valence-electron chi connectivity index (χ3n) is 3.52. The van der Waals surface area contributed by atoms with Crippen molar-refractivity contribution in [2.75, 3.05) is 5.32 Å². The molecular formula is C19H26N2O2. The molecule has 0 aliphatic heterocycles. The molecule has 23 heavy (non-hydrogen) atoms. The summed E-state index contributed by atoms with van der Waals surface area (Å²) in [4.78, 5) is 16.9. The molecule has 0 saturated heterocycles. The molecule has 0 aliphatic carbocycles. The topological polar surface area (TPSA) is 51.2 Å². The number of unbranched alkanes of at least 4 members (excludes halogenated alkanes) is 1. The molecule has 0 spiro atoms. The van der Waals surface area contributed by atoms with E-state index in [0.717, 1.165) is 35.9 Å². The van der Waals surface area contributed by atoms with Crippen molar-refractivity contribution in [3.63, 3.8) is 0 Å². The van der Waals surface area contributed by atoms with Crippen LogP contribution in [0.1, 0.15) is 47.0 Å². The van der Waals surface area contributed by atoms with Crippen LogP contribution < -0.4 is 5.32 Å². The highest BCUT2D eigenvalue weighted by atomic mass is 16.6. The van der Waals surface area contributed by atoms with Gasteiger partial charge in [-0.25, -0.2) is 4.79 Å². The number of para-hydroxylation sites is 1. The van der Waals surface area contributed by atoms with Gasteiger partial charge in [0.2, 0.25) is 0 Å². The van der Waals surface area contributed by atoms with Gasteiger partial charge >= 0.3 is 5.97 Å². The number of carbonyl (C=O) groups excluding carboxylic acids is 1. The van der Waals surface area contributed by atoms with Crippen molar-refractivity contribution in [2.45, 2.75) is 58.6 Å². The summed E-state index contributed by atoms with van der Waals surface area (Å²) in [6.07, 6.45) is 4.52. The molecule has 0 unspecified atom stereocenters. The first-order chi connectivity index (χ1) is 10.9. The Balaban J connectivity index is 2.24. The average Bonchev–Trinajstić information content (AvgIpc) is 2.49. The number of nitrogens with zero attached hydrogens (tertiary/aromatic N) is 1. The largest absolute Gasteiger partial charge is 0.458 e. The van der Waals surface area contributed by atoms with Crippen molar-refractivity contribution >= 4 is 22.6 Å². The van der Waals surface area contributed by atoms with Crippen LogP contribution in [0.5, 0.6) is 0 Å². The Morgan fingerprint density at radius 2 is 2.00 bits per heavy atom. The highest BCUT2D eigenvalue weighted by Gasteiger charge is 2.25. The van der Waals surface area contributed by atoms with Crippen LogP contribution in [-0.2, 0) is 9.53 Å². The van der Waals surface area contributed by atoms with Crippen LogP contribution in [0.2, 0.25) is 0 Å². The highest BCUT2D eigenvalue weighted by Crippen LogP contribution is 2.23. The molecule has 1 aromatic heterocycles.